The lowest BCUT2D eigenvalue weighted by molar-refractivity contribution is 0.149. The molecule has 0 unspecified atom stereocenters. The number of sulfonamides is 1. The van der Waals surface area contributed by atoms with Gasteiger partial charge in [0.2, 0.25) is 16.0 Å². The van der Waals surface area contributed by atoms with Crippen molar-refractivity contribution in [1.29, 1.82) is 0 Å². The molecule has 1 aliphatic heterocycles. The number of aromatic nitrogens is 9. The standard InChI is InChI=1S/C35H29F2N11O5S2/c36-30(37)27-18-24-19-38-35(42-25-13-15-46(16-14-25)54(50,51)26-10-6-9-23(17-26)31-39-20-41-44-31)43-33(24)48(34(27)49)28-11-4-5-12-29(28)55(52,53)47-21-40-32(45-47)22-7-2-1-3-8-22/h1-12,17-21,25,30H,13-16H2,(H,38,42,43)(H,39,41,44). The summed E-state index contributed by atoms with van der Waals surface area (Å²) in [7, 11) is -8.38. The van der Waals surface area contributed by atoms with Crippen LogP contribution < -0.4 is 10.9 Å². The van der Waals surface area contributed by atoms with Crippen LogP contribution in [0, 0.1) is 0 Å². The number of anilines is 1. The van der Waals surface area contributed by atoms with E-state index in [1.807, 2.05) is 0 Å². The molecule has 7 aromatic rings. The van der Waals surface area contributed by atoms with Crippen molar-refractivity contribution in [2.45, 2.75) is 35.1 Å². The number of para-hydroxylation sites is 1. The van der Waals surface area contributed by atoms with E-state index in [-0.39, 0.29) is 52.5 Å². The zero-order valence-corrected chi connectivity index (χ0v) is 30.1. The van der Waals surface area contributed by atoms with Crippen molar-refractivity contribution in [2.24, 2.45) is 0 Å². The molecule has 20 heteroatoms. The Balaban J connectivity index is 1.09. The third kappa shape index (κ3) is 6.74. The van der Waals surface area contributed by atoms with Gasteiger partial charge in [-0.25, -0.2) is 32.2 Å². The normalized spacial score (nSPS) is 14.5. The maximum Gasteiger partial charge on any atom is 0.286 e. The van der Waals surface area contributed by atoms with Crippen LogP contribution in [-0.4, -0.2) is 84.2 Å². The molecule has 1 aliphatic rings. The molecule has 0 saturated carbocycles. The van der Waals surface area contributed by atoms with Crippen LogP contribution in [-0.2, 0) is 20.0 Å². The lowest BCUT2D eigenvalue weighted by Gasteiger charge is -2.31. The van der Waals surface area contributed by atoms with E-state index in [4.69, 9.17) is 0 Å². The third-order valence-electron chi connectivity index (χ3n) is 9.09. The highest BCUT2D eigenvalue weighted by Gasteiger charge is 2.31. The van der Waals surface area contributed by atoms with Gasteiger partial charge >= 0.3 is 0 Å². The third-order valence-corrected chi connectivity index (χ3v) is 12.5. The molecular formula is C35H29F2N11O5S2. The number of nitrogens with zero attached hydrogens (tertiary/aromatic N) is 9. The van der Waals surface area contributed by atoms with E-state index in [9.17, 15) is 30.4 Å². The SMILES string of the molecule is O=c1c(C(F)F)cc2cnc(NC3CCN(S(=O)(=O)c4cccc(-c5ncn[nH]5)c4)CC3)nc2n1-c1ccccc1S(=O)(=O)n1cnc(-c2ccccc2)n1. The first-order valence-corrected chi connectivity index (χ1v) is 19.6. The summed E-state index contributed by atoms with van der Waals surface area (Å²) in [5.41, 5.74) is -1.30. The minimum atomic E-state index is -4.53. The van der Waals surface area contributed by atoms with Crippen LogP contribution in [0.5, 0.6) is 0 Å². The Labute approximate surface area is 311 Å². The fourth-order valence-corrected chi connectivity index (χ4v) is 9.08. The smallest absolute Gasteiger partial charge is 0.286 e. The predicted molar refractivity (Wildman–Crippen MR) is 195 cm³/mol. The average molecular weight is 786 g/mol. The Morgan fingerprint density at radius 3 is 2.33 bits per heavy atom. The van der Waals surface area contributed by atoms with Gasteiger partial charge in [0.05, 0.1) is 16.1 Å². The summed E-state index contributed by atoms with van der Waals surface area (Å²) in [6.07, 6.45) is 1.14. The first-order valence-electron chi connectivity index (χ1n) is 16.8. The Bertz CT molecular complexity index is 2810. The maximum absolute atomic E-state index is 14.3. The maximum atomic E-state index is 14.3. The molecule has 0 radical (unpaired) electrons. The quantitative estimate of drug-likeness (QED) is 0.200. The Morgan fingerprint density at radius 2 is 1.58 bits per heavy atom. The van der Waals surface area contributed by atoms with Crippen LogP contribution in [0.1, 0.15) is 24.8 Å². The van der Waals surface area contributed by atoms with Gasteiger partial charge in [0.15, 0.2) is 17.3 Å². The second-order valence-corrected chi connectivity index (χ2v) is 16.2. The number of hydrogen-bond donors (Lipinski definition) is 2. The summed E-state index contributed by atoms with van der Waals surface area (Å²) < 4.78 is 86.5. The molecule has 5 heterocycles. The summed E-state index contributed by atoms with van der Waals surface area (Å²) in [5.74, 6) is 0.590. The summed E-state index contributed by atoms with van der Waals surface area (Å²) in [6, 6.07) is 21.2. The molecule has 0 amide bonds. The van der Waals surface area contributed by atoms with Gasteiger partial charge in [0.1, 0.15) is 17.6 Å². The van der Waals surface area contributed by atoms with E-state index in [1.165, 1.54) is 53.2 Å². The Morgan fingerprint density at radius 1 is 0.836 bits per heavy atom. The molecule has 2 N–H and O–H groups in total. The van der Waals surface area contributed by atoms with Gasteiger partial charge in [0.25, 0.3) is 22.0 Å². The molecule has 0 bridgehead atoms. The van der Waals surface area contributed by atoms with Gasteiger partial charge in [0, 0.05) is 41.8 Å². The number of nitrogens with one attached hydrogen (secondary N) is 2. The van der Waals surface area contributed by atoms with Crippen LogP contribution in [0.15, 0.2) is 118 Å². The van der Waals surface area contributed by atoms with Crippen LogP contribution in [0.2, 0.25) is 0 Å². The lowest BCUT2D eigenvalue weighted by atomic mass is 10.1. The van der Waals surface area contributed by atoms with Crippen LogP contribution in [0.25, 0.3) is 39.5 Å². The molecule has 1 fully saturated rings. The van der Waals surface area contributed by atoms with Gasteiger partial charge < -0.3 is 5.32 Å². The van der Waals surface area contributed by atoms with Crippen molar-refractivity contribution in [3.8, 4) is 28.5 Å². The topological polar surface area (TPSA) is 204 Å². The number of benzene rings is 3. The predicted octanol–water partition coefficient (Wildman–Crippen LogP) is 4.26. The molecule has 1 saturated heterocycles. The highest BCUT2D eigenvalue weighted by molar-refractivity contribution is 7.90. The number of aromatic amines is 1. The van der Waals surface area contributed by atoms with Gasteiger partial charge in [-0.05, 0) is 43.2 Å². The molecule has 4 aromatic heterocycles. The molecule has 0 atom stereocenters. The van der Waals surface area contributed by atoms with E-state index in [2.05, 4.69) is 40.5 Å². The molecule has 16 nitrogen and oxygen atoms in total. The largest absolute Gasteiger partial charge is 0.351 e. The van der Waals surface area contributed by atoms with Crippen LogP contribution >= 0.6 is 0 Å². The van der Waals surface area contributed by atoms with Crippen molar-refractivity contribution < 1.29 is 25.6 Å². The van der Waals surface area contributed by atoms with E-state index in [0.29, 0.717) is 33.9 Å². The Kier molecular flexibility index (Phi) is 9.23. The number of pyridine rings is 1. The molecule has 55 heavy (non-hydrogen) atoms. The van der Waals surface area contributed by atoms with Crippen molar-refractivity contribution in [3.63, 3.8) is 0 Å². The first kappa shape index (κ1) is 35.8. The molecule has 280 valence electrons. The second-order valence-electron chi connectivity index (χ2n) is 12.5. The molecule has 0 spiro atoms. The molecule has 3 aromatic carbocycles. The summed E-state index contributed by atoms with van der Waals surface area (Å²) in [5, 5.41) is 13.9. The number of alkyl halides is 2. The van der Waals surface area contributed by atoms with Crippen molar-refractivity contribution in [2.75, 3.05) is 18.4 Å². The summed E-state index contributed by atoms with van der Waals surface area (Å²) >= 11 is 0. The molecule has 0 aliphatic carbocycles. The fourth-order valence-electron chi connectivity index (χ4n) is 6.33. The second kappa shape index (κ2) is 14.2. The van der Waals surface area contributed by atoms with Gasteiger partial charge in [-0.15, -0.1) is 9.19 Å². The molecule has 8 rings (SSSR count). The van der Waals surface area contributed by atoms with E-state index >= 15 is 0 Å². The number of H-pyrrole nitrogens is 1. The van der Waals surface area contributed by atoms with Crippen molar-refractivity contribution in [1.82, 2.24) is 48.2 Å². The van der Waals surface area contributed by atoms with Gasteiger partial charge in [-0.3, -0.25) is 14.5 Å². The van der Waals surface area contributed by atoms with Crippen molar-refractivity contribution in [3.05, 3.63) is 120 Å². The average Bonchev–Trinajstić information content (AvgIpc) is 3.93. The van der Waals surface area contributed by atoms with E-state index in [0.717, 1.165) is 17.0 Å². The van der Waals surface area contributed by atoms with Gasteiger partial charge in [-0.2, -0.15) is 22.8 Å². The number of fused-ring (bicyclic) bond motifs is 1. The monoisotopic (exact) mass is 785 g/mol. The zero-order chi connectivity index (χ0) is 38.3. The highest BCUT2D eigenvalue weighted by Crippen LogP contribution is 2.29. The zero-order valence-electron chi connectivity index (χ0n) is 28.4. The lowest BCUT2D eigenvalue weighted by Crippen LogP contribution is -2.42. The fraction of sp³-hybridized carbons (Fsp3) is 0.171. The number of halogens is 2. The number of piperidine rings is 1. The van der Waals surface area contributed by atoms with Gasteiger partial charge in [-0.1, -0.05) is 54.6 Å². The number of rotatable bonds is 10. The minimum Gasteiger partial charge on any atom is -0.351 e. The number of hydrogen-bond acceptors (Lipinski definition) is 12. The first-order chi connectivity index (χ1) is 26.5. The van der Waals surface area contributed by atoms with Crippen molar-refractivity contribution >= 4 is 37.0 Å². The minimum absolute atomic E-state index is 0.0237. The van der Waals surface area contributed by atoms with Crippen LogP contribution in [0.4, 0.5) is 14.7 Å². The van der Waals surface area contributed by atoms with Crippen LogP contribution in [0.3, 0.4) is 0 Å². The highest BCUT2D eigenvalue weighted by atomic mass is 32.2. The van der Waals surface area contributed by atoms with E-state index in [1.54, 1.807) is 42.5 Å². The molecular weight excluding hydrogens is 757 g/mol. The summed E-state index contributed by atoms with van der Waals surface area (Å²) in [6.45, 7) is 0.337. The van der Waals surface area contributed by atoms with E-state index < -0.39 is 42.5 Å². The summed E-state index contributed by atoms with van der Waals surface area (Å²) in [4.78, 5) is 30.5. The Hall–Kier alpha value is -6.25.